The zero-order valence-electron chi connectivity index (χ0n) is 11.8. The molecular formula is C17H20N2O. The Morgan fingerprint density at radius 1 is 1.30 bits per heavy atom. The molecule has 20 heavy (non-hydrogen) atoms. The van der Waals surface area contributed by atoms with Gasteiger partial charge in [-0.05, 0) is 43.4 Å². The van der Waals surface area contributed by atoms with Gasteiger partial charge in [0.2, 0.25) is 0 Å². The molecule has 1 saturated heterocycles. The number of nitrogens with zero attached hydrogens (tertiary/aromatic N) is 2. The second-order valence-electron chi connectivity index (χ2n) is 6.46. The van der Waals surface area contributed by atoms with Crippen molar-refractivity contribution in [3.8, 4) is 0 Å². The number of aryl methyl sites for hydroxylation is 1. The quantitative estimate of drug-likeness (QED) is 0.929. The smallest absolute Gasteiger partial charge is 0.0928 e. The monoisotopic (exact) mass is 268 g/mol. The Balaban J connectivity index is 1.57. The third-order valence-electron chi connectivity index (χ3n) is 4.66. The molecule has 0 spiro atoms. The van der Waals surface area contributed by atoms with Gasteiger partial charge in [-0.3, -0.25) is 9.88 Å². The lowest BCUT2D eigenvalue weighted by atomic mass is 9.88. The molecule has 0 atom stereocenters. The van der Waals surface area contributed by atoms with Gasteiger partial charge in [0.15, 0.2) is 0 Å². The highest BCUT2D eigenvalue weighted by Crippen LogP contribution is 2.44. The van der Waals surface area contributed by atoms with Crippen molar-refractivity contribution in [1.82, 2.24) is 9.88 Å². The third-order valence-corrected chi connectivity index (χ3v) is 4.66. The van der Waals surface area contributed by atoms with Crippen LogP contribution in [0.1, 0.15) is 24.1 Å². The van der Waals surface area contributed by atoms with Gasteiger partial charge in [-0.15, -0.1) is 0 Å². The van der Waals surface area contributed by atoms with Gasteiger partial charge in [0.1, 0.15) is 0 Å². The summed E-state index contributed by atoms with van der Waals surface area (Å²) in [6.45, 7) is 4.62. The fraction of sp³-hybridized carbons (Fsp3) is 0.471. The summed E-state index contributed by atoms with van der Waals surface area (Å²) < 4.78 is 0. The Morgan fingerprint density at radius 2 is 2.05 bits per heavy atom. The number of aliphatic hydroxyl groups is 1. The summed E-state index contributed by atoms with van der Waals surface area (Å²) in [4.78, 5) is 6.93. The zero-order valence-corrected chi connectivity index (χ0v) is 11.8. The summed E-state index contributed by atoms with van der Waals surface area (Å²) in [6.07, 6.45) is 2.42. The second-order valence-corrected chi connectivity index (χ2v) is 6.46. The maximum Gasteiger partial charge on any atom is 0.0928 e. The van der Waals surface area contributed by atoms with E-state index < -0.39 is 5.60 Å². The Morgan fingerprint density at radius 3 is 2.80 bits per heavy atom. The number of pyridine rings is 1. The standard InChI is InChI=1S/C17H20N2O/c1-12-8-13(15-4-2-3-5-16(15)18-12)9-19-10-17(20,11-19)14-6-7-14/h2-5,8,14,20H,6-7,9-11H2,1H3. The van der Waals surface area contributed by atoms with Crippen molar-refractivity contribution in [2.24, 2.45) is 5.92 Å². The fourth-order valence-corrected chi connectivity index (χ4v) is 3.49. The molecule has 1 N–H and O–H groups in total. The SMILES string of the molecule is Cc1cc(CN2CC(O)(C3CC3)C2)c2ccccc2n1. The minimum Gasteiger partial charge on any atom is -0.387 e. The van der Waals surface area contributed by atoms with Crippen molar-refractivity contribution in [2.45, 2.75) is 31.9 Å². The van der Waals surface area contributed by atoms with E-state index in [0.717, 1.165) is 30.8 Å². The molecule has 0 radical (unpaired) electrons. The zero-order chi connectivity index (χ0) is 13.7. The van der Waals surface area contributed by atoms with Gasteiger partial charge in [0.05, 0.1) is 11.1 Å². The van der Waals surface area contributed by atoms with Crippen molar-refractivity contribution >= 4 is 10.9 Å². The number of rotatable bonds is 3. The predicted molar refractivity (Wildman–Crippen MR) is 79.4 cm³/mol. The lowest BCUT2D eigenvalue weighted by Gasteiger charge is -2.47. The first-order chi connectivity index (χ1) is 9.64. The van der Waals surface area contributed by atoms with Gasteiger partial charge in [0.25, 0.3) is 0 Å². The van der Waals surface area contributed by atoms with Crippen LogP contribution in [0.25, 0.3) is 10.9 Å². The van der Waals surface area contributed by atoms with E-state index in [0.29, 0.717) is 5.92 Å². The van der Waals surface area contributed by atoms with Gasteiger partial charge >= 0.3 is 0 Å². The van der Waals surface area contributed by atoms with Gasteiger partial charge in [-0.2, -0.15) is 0 Å². The molecule has 104 valence electrons. The van der Waals surface area contributed by atoms with E-state index in [1.54, 1.807) is 0 Å². The molecule has 1 aliphatic heterocycles. The van der Waals surface area contributed by atoms with Gasteiger partial charge in [-0.25, -0.2) is 0 Å². The van der Waals surface area contributed by atoms with Gasteiger partial charge in [0, 0.05) is 30.7 Å². The largest absolute Gasteiger partial charge is 0.387 e. The maximum absolute atomic E-state index is 10.4. The van der Waals surface area contributed by atoms with Crippen LogP contribution in [0.3, 0.4) is 0 Å². The lowest BCUT2D eigenvalue weighted by molar-refractivity contribution is -0.116. The van der Waals surface area contributed by atoms with Crippen LogP contribution in [-0.2, 0) is 6.54 Å². The molecule has 1 saturated carbocycles. The highest BCUT2D eigenvalue weighted by Gasteiger charge is 2.51. The van der Waals surface area contributed by atoms with E-state index in [-0.39, 0.29) is 0 Å². The maximum atomic E-state index is 10.4. The summed E-state index contributed by atoms with van der Waals surface area (Å²) in [7, 11) is 0. The van der Waals surface area contributed by atoms with Crippen LogP contribution in [0, 0.1) is 12.8 Å². The van der Waals surface area contributed by atoms with Crippen molar-refractivity contribution in [1.29, 1.82) is 0 Å². The van der Waals surface area contributed by atoms with Crippen molar-refractivity contribution in [3.05, 3.63) is 41.6 Å². The Labute approximate surface area is 119 Å². The molecule has 0 amide bonds. The van der Waals surface area contributed by atoms with Crippen LogP contribution in [-0.4, -0.2) is 33.7 Å². The van der Waals surface area contributed by atoms with Crippen molar-refractivity contribution in [3.63, 3.8) is 0 Å². The fourth-order valence-electron chi connectivity index (χ4n) is 3.49. The van der Waals surface area contributed by atoms with E-state index in [2.05, 4.69) is 34.1 Å². The third kappa shape index (κ3) is 2.02. The molecule has 2 fully saturated rings. The number of fused-ring (bicyclic) bond motifs is 1. The molecule has 2 aliphatic rings. The molecule has 2 aromatic rings. The lowest BCUT2D eigenvalue weighted by Crippen LogP contribution is -2.62. The van der Waals surface area contributed by atoms with E-state index in [1.165, 1.54) is 23.8 Å². The van der Waals surface area contributed by atoms with E-state index >= 15 is 0 Å². The van der Waals surface area contributed by atoms with Gasteiger partial charge < -0.3 is 5.11 Å². The van der Waals surface area contributed by atoms with Crippen molar-refractivity contribution in [2.75, 3.05) is 13.1 Å². The van der Waals surface area contributed by atoms with E-state index in [9.17, 15) is 5.11 Å². The number of β-amino-alcohol motifs (C(OH)–C–C–N with tert-alkyl or cyclic N) is 1. The van der Waals surface area contributed by atoms with Crippen LogP contribution in [0.2, 0.25) is 0 Å². The van der Waals surface area contributed by atoms with Crippen molar-refractivity contribution < 1.29 is 5.11 Å². The molecular weight excluding hydrogens is 248 g/mol. The number of para-hydroxylation sites is 1. The summed E-state index contributed by atoms with van der Waals surface area (Å²) in [5, 5.41) is 11.6. The Hall–Kier alpha value is -1.45. The van der Waals surface area contributed by atoms with Crippen LogP contribution >= 0.6 is 0 Å². The first-order valence-electron chi connectivity index (χ1n) is 7.44. The number of likely N-dealkylation sites (tertiary alicyclic amines) is 1. The number of aromatic nitrogens is 1. The first-order valence-corrected chi connectivity index (χ1v) is 7.44. The highest BCUT2D eigenvalue weighted by atomic mass is 16.3. The molecule has 1 aromatic heterocycles. The molecule has 0 unspecified atom stereocenters. The molecule has 1 aromatic carbocycles. The number of hydrogen-bond donors (Lipinski definition) is 1. The normalized spacial score (nSPS) is 21.9. The second kappa shape index (κ2) is 4.27. The minimum atomic E-state index is -0.391. The van der Waals surface area contributed by atoms with E-state index in [4.69, 9.17) is 0 Å². The highest BCUT2D eigenvalue weighted by molar-refractivity contribution is 5.82. The first kappa shape index (κ1) is 12.3. The predicted octanol–water partition coefficient (Wildman–Crippen LogP) is 2.50. The Bertz CT molecular complexity index is 657. The molecule has 2 heterocycles. The molecule has 0 bridgehead atoms. The minimum absolute atomic E-state index is 0.391. The summed E-state index contributed by atoms with van der Waals surface area (Å²) in [5.41, 5.74) is 3.07. The van der Waals surface area contributed by atoms with Crippen LogP contribution in [0.15, 0.2) is 30.3 Å². The summed E-state index contributed by atoms with van der Waals surface area (Å²) >= 11 is 0. The summed E-state index contributed by atoms with van der Waals surface area (Å²) in [6, 6.07) is 10.5. The molecule has 1 aliphatic carbocycles. The van der Waals surface area contributed by atoms with Gasteiger partial charge in [-0.1, -0.05) is 18.2 Å². The van der Waals surface area contributed by atoms with Crippen LogP contribution in [0.4, 0.5) is 0 Å². The number of hydrogen-bond acceptors (Lipinski definition) is 3. The van der Waals surface area contributed by atoms with Crippen LogP contribution < -0.4 is 0 Å². The van der Waals surface area contributed by atoms with Crippen LogP contribution in [0.5, 0.6) is 0 Å². The number of benzene rings is 1. The Kier molecular flexibility index (Phi) is 2.63. The molecule has 3 heteroatoms. The average molecular weight is 268 g/mol. The average Bonchev–Trinajstić information content (AvgIpc) is 3.21. The molecule has 3 nitrogen and oxygen atoms in total. The van der Waals surface area contributed by atoms with E-state index in [1.807, 2.05) is 13.0 Å². The topological polar surface area (TPSA) is 36.4 Å². The summed E-state index contributed by atoms with van der Waals surface area (Å²) in [5.74, 6) is 0.565. The molecule has 4 rings (SSSR count).